The van der Waals surface area contributed by atoms with Gasteiger partial charge in [-0.05, 0) is 24.6 Å². The molecule has 1 heterocycles. The van der Waals surface area contributed by atoms with Gasteiger partial charge in [0.1, 0.15) is 5.82 Å². The van der Waals surface area contributed by atoms with Crippen LogP contribution in [0.3, 0.4) is 0 Å². The van der Waals surface area contributed by atoms with Crippen LogP contribution in [0, 0.1) is 5.82 Å². The molecule has 0 saturated carbocycles. The Bertz CT molecular complexity index is 414. The van der Waals surface area contributed by atoms with Crippen LogP contribution in [0.15, 0.2) is 18.2 Å². The molecule has 0 aromatic heterocycles. The average molecular weight is 273 g/mol. The van der Waals surface area contributed by atoms with Gasteiger partial charge in [-0.1, -0.05) is 17.7 Å². The third kappa shape index (κ3) is 3.42. The molecule has 100 valence electrons. The van der Waals surface area contributed by atoms with Gasteiger partial charge in [0.15, 0.2) is 0 Å². The average Bonchev–Trinajstić information content (AvgIpc) is 2.33. The molecule has 2 rings (SSSR count). The molecule has 3 nitrogen and oxygen atoms in total. The van der Waals surface area contributed by atoms with E-state index in [1.807, 2.05) is 6.92 Å². The zero-order chi connectivity index (χ0) is 13.1. The van der Waals surface area contributed by atoms with Crippen molar-refractivity contribution in [3.8, 4) is 0 Å². The lowest BCUT2D eigenvalue weighted by atomic mass is 10.1. The molecule has 0 radical (unpaired) electrons. The topological polar surface area (TPSA) is 38.5 Å². The molecule has 0 amide bonds. The highest BCUT2D eigenvalue weighted by atomic mass is 35.5. The normalized spacial score (nSPS) is 23.0. The molecule has 1 aliphatic heterocycles. The summed E-state index contributed by atoms with van der Waals surface area (Å²) in [6.45, 7) is 4.94. The van der Waals surface area contributed by atoms with Crippen LogP contribution in [0.5, 0.6) is 0 Å². The van der Waals surface area contributed by atoms with Gasteiger partial charge in [-0.25, -0.2) is 4.39 Å². The smallest absolute Gasteiger partial charge is 0.124 e. The van der Waals surface area contributed by atoms with Crippen molar-refractivity contribution in [2.75, 3.05) is 19.7 Å². The maximum absolute atomic E-state index is 13.0. The van der Waals surface area contributed by atoms with Crippen molar-refractivity contribution >= 4 is 11.6 Å². The first-order valence-corrected chi connectivity index (χ1v) is 6.47. The summed E-state index contributed by atoms with van der Waals surface area (Å²) in [6.07, 6.45) is 0.0537. The number of hydrogen-bond acceptors (Lipinski definition) is 3. The summed E-state index contributed by atoms with van der Waals surface area (Å²) in [5.41, 5.74) is 6.78. The maximum Gasteiger partial charge on any atom is 0.124 e. The lowest BCUT2D eigenvalue weighted by Crippen LogP contribution is -2.49. The molecular weight excluding hydrogens is 255 g/mol. The highest BCUT2D eigenvalue weighted by molar-refractivity contribution is 6.31. The van der Waals surface area contributed by atoms with E-state index in [2.05, 4.69) is 4.90 Å². The van der Waals surface area contributed by atoms with E-state index < -0.39 is 0 Å². The molecule has 0 bridgehead atoms. The second-order valence-corrected chi connectivity index (χ2v) is 5.15. The highest BCUT2D eigenvalue weighted by Crippen LogP contribution is 2.20. The van der Waals surface area contributed by atoms with Gasteiger partial charge in [-0.15, -0.1) is 0 Å². The molecule has 2 N–H and O–H groups in total. The van der Waals surface area contributed by atoms with Gasteiger partial charge in [-0.3, -0.25) is 4.90 Å². The molecule has 1 saturated heterocycles. The van der Waals surface area contributed by atoms with Crippen molar-refractivity contribution in [2.45, 2.75) is 25.6 Å². The van der Waals surface area contributed by atoms with Gasteiger partial charge >= 0.3 is 0 Å². The Kier molecular flexibility index (Phi) is 4.56. The fourth-order valence-electron chi connectivity index (χ4n) is 2.08. The van der Waals surface area contributed by atoms with Crippen LogP contribution in [0.2, 0.25) is 5.02 Å². The predicted octanol–water partition coefficient (Wildman–Crippen LogP) is 2.03. The molecule has 1 aromatic carbocycles. The Morgan fingerprint density at radius 1 is 1.61 bits per heavy atom. The molecule has 0 aliphatic carbocycles. The van der Waals surface area contributed by atoms with Gasteiger partial charge in [0.2, 0.25) is 0 Å². The van der Waals surface area contributed by atoms with E-state index in [-0.39, 0.29) is 18.0 Å². The van der Waals surface area contributed by atoms with E-state index >= 15 is 0 Å². The van der Waals surface area contributed by atoms with Crippen molar-refractivity contribution in [2.24, 2.45) is 5.73 Å². The summed E-state index contributed by atoms with van der Waals surface area (Å²) in [7, 11) is 0. The number of nitrogens with zero attached hydrogens (tertiary/aromatic N) is 1. The van der Waals surface area contributed by atoms with Crippen molar-refractivity contribution in [3.63, 3.8) is 0 Å². The van der Waals surface area contributed by atoms with Crippen LogP contribution in [-0.2, 0) is 11.3 Å². The number of benzene rings is 1. The van der Waals surface area contributed by atoms with E-state index in [9.17, 15) is 4.39 Å². The van der Waals surface area contributed by atoms with Crippen molar-refractivity contribution in [3.05, 3.63) is 34.6 Å². The number of morpholine rings is 1. The maximum atomic E-state index is 13.0. The third-order valence-corrected chi connectivity index (χ3v) is 3.52. The Morgan fingerprint density at radius 3 is 3.06 bits per heavy atom. The number of halogens is 2. The molecule has 5 heteroatoms. The van der Waals surface area contributed by atoms with E-state index in [1.165, 1.54) is 12.1 Å². The summed E-state index contributed by atoms with van der Waals surface area (Å²) in [6, 6.07) is 4.52. The molecule has 1 aromatic rings. The summed E-state index contributed by atoms with van der Waals surface area (Å²) in [5.74, 6) is -0.306. The first-order chi connectivity index (χ1) is 8.56. The van der Waals surface area contributed by atoms with Crippen molar-refractivity contribution in [1.82, 2.24) is 4.90 Å². The Labute approximate surface area is 112 Å². The van der Waals surface area contributed by atoms with Gasteiger partial charge in [0.25, 0.3) is 0 Å². The fraction of sp³-hybridized carbons (Fsp3) is 0.538. The lowest BCUT2D eigenvalue weighted by Gasteiger charge is -2.34. The quantitative estimate of drug-likeness (QED) is 0.915. The summed E-state index contributed by atoms with van der Waals surface area (Å²) in [5, 5.41) is 0.471. The Morgan fingerprint density at radius 2 is 2.39 bits per heavy atom. The minimum absolute atomic E-state index is 0.0106. The standard InChI is InChI=1S/C13H18ClFN2O/c1-9(16)13-8-17(4-5-18-13)7-10-2-3-11(15)6-12(10)14/h2-3,6,9,13H,4-5,7-8,16H2,1H3. The molecule has 1 fully saturated rings. The fourth-order valence-corrected chi connectivity index (χ4v) is 2.31. The minimum atomic E-state index is -0.306. The summed E-state index contributed by atoms with van der Waals surface area (Å²) in [4.78, 5) is 2.23. The second-order valence-electron chi connectivity index (χ2n) is 4.74. The van der Waals surface area contributed by atoms with Crippen molar-refractivity contribution < 1.29 is 9.13 Å². The van der Waals surface area contributed by atoms with Crippen LogP contribution in [0.1, 0.15) is 12.5 Å². The third-order valence-electron chi connectivity index (χ3n) is 3.17. The first kappa shape index (κ1) is 13.7. The van der Waals surface area contributed by atoms with Crippen LogP contribution < -0.4 is 5.73 Å². The summed E-state index contributed by atoms with van der Waals surface area (Å²) < 4.78 is 18.6. The molecule has 0 spiro atoms. The number of rotatable bonds is 3. The molecule has 1 aliphatic rings. The van der Waals surface area contributed by atoms with Gasteiger partial charge < -0.3 is 10.5 Å². The van der Waals surface area contributed by atoms with Gasteiger partial charge in [0, 0.05) is 30.7 Å². The van der Waals surface area contributed by atoms with E-state index in [0.29, 0.717) is 18.2 Å². The molecule has 2 unspecified atom stereocenters. The van der Waals surface area contributed by atoms with E-state index in [0.717, 1.165) is 18.7 Å². The van der Waals surface area contributed by atoms with Crippen LogP contribution in [0.4, 0.5) is 4.39 Å². The molecule has 18 heavy (non-hydrogen) atoms. The van der Waals surface area contributed by atoms with Crippen LogP contribution in [0.25, 0.3) is 0 Å². The van der Waals surface area contributed by atoms with Gasteiger partial charge in [0.05, 0.1) is 12.7 Å². The lowest BCUT2D eigenvalue weighted by molar-refractivity contribution is -0.0403. The first-order valence-electron chi connectivity index (χ1n) is 6.09. The highest BCUT2D eigenvalue weighted by Gasteiger charge is 2.23. The predicted molar refractivity (Wildman–Crippen MR) is 70.1 cm³/mol. The Balaban J connectivity index is 2.00. The SMILES string of the molecule is CC(N)C1CN(Cc2ccc(F)cc2Cl)CCO1. The van der Waals surface area contributed by atoms with E-state index in [1.54, 1.807) is 6.07 Å². The number of ether oxygens (including phenoxy) is 1. The monoisotopic (exact) mass is 272 g/mol. The van der Waals surface area contributed by atoms with Crippen LogP contribution >= 0.6 is 11.6 Å². The minimum Gasteiger partial charge on any atom is -0.374 e. The Hall–Kier alpha value is -0.680. The zero-order valence-corrected chi connectivity index (χ0v) is 11.2. The largest absolute Gasteiger partial charge is 0.374 e. The zero-order valence-electron chi connectivity index (χ0n) is 10.4. The van der Waals surface area contributed by atoms with Gasteiger partial charge in [-0.2, -0.15) is 0 Å². The van der Waals surface area contributed by atoms with Crippen LogP contribution in [-0.4, -0.2) is 36.7 Å². The molecular formula is C13H18ClFN2O. The molecule has 2 atom stereocenters. The van der Waals surface area contributed by atoms with Crippen molar-refractivity contribution in [1.29, 1.82) is 0 Å². The number of nitrogens with two attached hydrogens (primary N) is 1. The van der Waals surface area contributed by atoms with E-state index in [4.69, 9.17) is 22.1 Å². The number of hydrogen-bond donors (Lipinski definition) is 1. The summed E-state index contributed by atoms with van der Waals surface area (Å²) >= 11 is 6.03. The second kappa shape index (κ2) is 5.97.